The van der Waals surface area contributed by atoms with Gasteiger partial charge in [-0.1, -0.05) is 18.2 Å². The maximum Gasteiger partial charge on any atom is 0.220 e. The Kier molecular flexibility index (Phi) is 6.05. The third-order valence-corrected chi connectivity index (χ3v) is 4.28. The first-order valence-corrected chi connectivity index (χ1v) is 7.86. The normalized spacial score (nSPS) is 16.7. The highest BCUT2D eigenvalue weighted by Crippen LogP contribution is 2.19. The number of anilines is 1. The molecule has 0 bridgehead atoms. The van der Waals surface area contributed by atoms with Gasteiger partial charge in [-0.15, -0.1) is 0 Å². The predicted octanol–water partition coefficient (Wildman–Crippen LogP) is 1.97. The Morgan fingerprint density at radius 3 is 2.62 bits per heavy atom. The zero-order valence-electron chi connectivity index (χ0n) is 13.2. The molecule has 0 aliphatic carbocycles. The first-order valence-electron chi connectivity index (χ1n) is 7.86. The lowest BCUT2D eigenvalue weighted by Gasteiger charge is -2.28. The molecule has 116 valence electrons. The Balaban J connectivity index is 1.63. The molecule has 4 nitrogen and oxygen atoms in total. The lowest BCUT2D eigenvalue weighted by atomic mass is 9.93. The summed E-state index contributed by atoms with van der Waals surface area (Å²) in [5.74, 6) is 0.763. The number of nitrogens with one attached hydrogen (secondary N) is 1. The Bertz CT molecular complexity index is 427. The number of carbonyl (C=O) groups excluding carboxylic acids is 1. The molecule has 0 saturated carbocycles. The van der Waals surface area contributed by atoms with Crippen molar-refractivity contribution in [1.29, 1.82) is 0 Å². The molecular formula is C17H27N3O. The number of piperidine rings is 1. The highest BCUT2D eigenvalue weighted by atomic mass is 16.1. The van der Waals surface area contributed by atoms with Gasteiger partial charge in [0.05, 0.1) is 0 Å². The summed E-state index contributed by atoms with van der Waals surface area (Å²) in [6, 6.07) is 10.2. The second kappa shape index (κ2) is 8.03. The Morgan fingerprint density at radius 1 is 1.29 bits per heavy atom. The van der Waals surface area contributed by atoms with Crippen molar-refractivity contribution in [1.82, 2.24) is 10.2 Å². The Labute approximate surface area is 128 Å². The smallest absolute Gasteiger partial charge is 0.220 e. The minimum atomic E-state index is 0.200. The molecule has 21 heavy (non-hydrogen) atoms. The number of benzene rings is 1. The maximum atomic E-state index is 12.0. The van der Waals surface area contributed by atoms with E-state index in [1.807, 2.05) is 18.2 Å². The third kappa shape index (κ3) is 5.38. The van der Waals surface area contributed by atoms with Crippen molar-refractivity contribution in [2.75, 3.05) is 45.2 Å². The molecule has 1 heterocycles. The minimum absolute atomic E-state index is 0.200. The number of rotatable bonds is 6. The van der Waals surface area contributed by atoms with Crippen LogP contribution in [-0.4, -0.2) is 51.1 Å². The van der Waals surface area contributed by atoms with Gasteiger partial charge in [0, 0.05) is 32.2 Å². The molecule has 1 aliphatic heterocycles. The highest BCUT2D eigenvalue weighted by molar-refractivity contribution is 5.76. The van der Waals surface area contributed by atoms with Crippen LogP contribution in [0.1, 0.15) is 19.3 Å². The molecule has 1 saturated heterocycles. The van der Waals surface area contributed by atoms with E-state index in [0.717, 1.165) is 32.5 Å². The largest absolute Gasteiger partial charge is 0.373 e. The van der Waals surface area contributed by atoms with E-state index >= 15 is 0 Å². The van der Waals surface area contributed by atoms with Crippen molar-refractivity contribution in [3.8, 4) is 0 Å². The van der Waals surface area contributed by atoms with Gasteiger partial charge in [0.2, 0.25) is 5.91 Å². The summed E-state index contributed by atoms with van der Waals surface area (Å²) in [7, 11) is 4.20. The predicted molar refractivity (Wildman–Crippen MR) is 87.6 cm³/mol. The van der Waals surface area contributed by atoms with Crippen LogP contribution >= 0.6 is 0 Å². The topological polar surface area (TPSA) is 35.6 Å². The van der Waals surface area contributed by atoms with Gasteiger partial charge in [-0.2, -0.15) is 0 Å². The molecule has 1 aromatic rings. The number of amides is 1. The average Bonchev–Trinajstić information content (AvgIpc) is 2.50. The molecule has 0 unspecified atom stereocenters. The van der Waals surface area contributed by atoms with Gasteiger partial charge in [0.25, 0.3) is 0 Å². The fourth-order valence-electron chi connectivity index (χ4n) is 2.78. The minimum Gasteiger partial charge on any atom is -0.373 e. The number of hydrogen-bond acceptors (Lipinski definition) is 3. The number of nitrogens with zero attached hydrogens (tertiary/aromatic N) is 2. The van der Waals surface area contributed by atoms with E-state index in [-0.39, 0.29) is 5.91 Å². The van der Waals surface area contributed by atoms with Crippen LogP contribution in [0, 0.1) is 5.92 Å². The van der Waals surface area contributed by atoms with Crippen molar-refractivity contribution in [3.63, 3.8) is 0 Å². The molecule has 1 fully saturated rings. The van der Waals surface area contributed by atoms with Gasteiger partial charge < -0.3 is 15.1 Å². The van der Waals surface area contributed by atoms with Crippen molar-refractivity contribution >= 4 is 11.6 Å². The number of para-hydroxylation sites is 1. The molecule has 1 amide bonds. The van der Waals surface area contributed by atoms with Crippen LogP contribution in [0.5, 0.6) is 0 Å². The molecule has 0 atom stereocenters. The lowest BCUT2D eigenvalue weighted by Crippen LogP contribution is -2.36. The molecule has 0 aromatic heterocycles. The third-order valence-electron chi connectivity index (χ3n) is 4.28. The summed E-state index contributed by atoms with van der Waals surface area (Å²) in [5.41, 5.74) is 1.18. The van der Waals surface area contributed by atoms with Crippen LogP contribution in [0.3, 0.4) is 0 Å². The van der Waals surface area contributed by atoms with E-state index in [9.17, 15) is 4.79 Å². The van der Waals surface area contributed by atoms with Gasteiger partial charge in [-0.05, 0) is 51.0 Å². The summed E-state index contributed by atoms with van der Waals surface area (Å²) in [6.07, 6.45) is 2.98. The first kappa shape index (κ1) is 15.8. The monoisotopic (exact) mass is 289 g/mol. The van der Waals surface area contributed by atoms with Crippen LogP contribution < -0.4 is 10.2 Å². The summed E-state index contributed by atoms with van der Waals surface area (Å²) >= 11 is 0. The summed E-state index contributed by atoms with van der Waals surface area (Å²) < 4.78 is 0. The Morgan fingerprint density at radius 2 is 1.95 bits per heavy atom. The highest BCUT2D eigenvalue weighted by Gasteiger charge is 2.19. The quantitative estimate of drug-likeness (QED) is 0.870. The van der Waals surface area contributed by atoms with Crippen molar-refractivity contribution in [3.05, 3.63) is 30.3 Å². The molecular weight excluding hydrogens is 262 g/mol. The summed E-state index contributed by atoms with van der Waals surface area (Å²) in [4.78, 5) is 16.5. The van der Waals surface area contributed by atoms with Gasteiger partial charge in [0.1, 0.15) is 0 Å². The van der Waals surface area contributed by atoms with Crippen molar-refractivity contribution in [2.45, 2.75) is 19.3 Å². The molecule has 4 heteroatoms. The van der Waals surface area contributed by atoms with Crippen molar-refractivity contribution < 1.29 is 4.79 Å². The second-order valence-corrected chi connectivity index (χ2v) is 6.06. The zero-order chi connectivity index (χ0) is 15.1. The summed E-state index contributed by atoms with van der Waals surface area (Å²) in [5, 5.41) is 3.05. The molecule has 0 spiro atoms. The van der Waals surface area contributed by atoms with Crippen LogP contribution in [0.25, 0.3) is 0 Å². The summed E-state index contributed by atoms with van der Waals surface area (Å²) in [6.45, 7) is 3.78. The number of hydrogen-bond donors (Lipinski definition) is 1. The number of carbonyl (C=O) groups is 1. The fourth-order valence-corrected chi connectivity index (χ4v) is 2.78. The van der Waals surface area contributed by atoms with Crippen molar-refractivity contribution in [2.24, 2.45) is 5.92 Å². The molecule has 1 N–H and O–H groups in total. The first-order chi connectivity index (χ1) is 10.1. The van der Waals surface area contributed by atoms with Gasteiger partial charge in [0.15, 0.2) is 0 Å². The maximum absolute atomic E-state index is 12.0. The lowest BCUT2D eigenvalue weighted by molar-refractivity contribution is -0.122. The standard InChI is InChI=1S/C17H27N3O/c1-19-11-8-15(9-12-19)14-17(21)18-10-13-20(2)16-6-4-3-5-7-16/h3-7,15H,8-14H2,1-2H3,(H,18,21). The van der Waals surface area contributed by atoms with Crippen LogP contribution in [0.15, 0.2) is 30.3 Å². The van der Waals surface area contributed by atoms with E-state index < -0.39 is 0 Å². The fraction of sp³-hybridized carbons (Fsp3) is 0.588. The number of likely N-dealkylation sites (N-methyl/N-ethyl adjacent to an activating group) is 1. The van der Waals surface area contributed by atoms with E-state index in [2.05, 4.69) is 41.3 Å². The second-order valence-electron chi connectivity index (χ2n) is 6.06. The SMILES string of the molecule is CN1CCC(CC(=O)NCCN(C)c2ccccc2)CC1. The molecule has 1 aromatic carbocycles. The van der Waals surface area contributed by atoms with E-state index in [0.29, 0.717) is 18.9 Å². The van der Waals surface area contributed by atoms with E-state index in [4.69, 9.17) is 0 Å². The molecule has 2 rings (SSSR count). The van der Waals surface area contributed by atoms with Crippen LogP contribution in [0.2, 0.25) is 0 Å². The van der Waals surface area contributed by atoms with Crippen LogP contribution in [-0.2, 0) is 4.79 Å². The van der Waals surface area contributed by atoms with E-state index in [1.165, 1.54) is 5.69 Å². The Hall–Kier alpha value is -1.55. The van der Waals surface area contributed by atoms with Gasteiger partial charge in [-0.3, -0.25) is 4.79 Å². The number of likely N-dealkylation sites (tertiary alicyclic amines) is 1. The van der Waals surface area contributed by atoms with Crippen LogP contribution in [0.4, 0.5) is 5.69 Å². The average molecular weight is 289 g/mol. The van der Waals surface area contributed by atoms with Gasteiger partial charge >= 0.3 is 0 Å². The molecule has 0 radical (unpaired) electrons. The zero-order valence-corrected chi connectivity index (χ0v) is 13.2. The molecule has 1 aliphatic rings. The van der Waals surface area contributed by atoms with E-state index in [1.54, 1.807) is 0 Å². The van der Waals surface area contributed by atoms with Gasteiger partial charge in [-0.25, -0.2) is 0 Å².